The fourth-order valence-electron chi connectivity index (χ4n) is 3.54. The monoisotopic (exact) mass is 273 g/mol. The maximum Gasteiger partial charge on any atom is 0.237 e. The van der Waals surface area contributed by atoms with Gasteiger partial charge in [0.1, 0.15) is 0 Å². The molecule has 0 radical (unpaired) electrons. The van der Waals surface area contributed by atoms with Crippen molar-refractivity contribution in [1.29, 1.82) is 0 Å². The molecule has 0 bridgehead atoms. The van der Waals surface area contributed by atoms with Gasteiger partial charge in [-0.15, -0.1) is 0 Å². The number of hydrogen-bond donors (Lipinski definition) is 2. The number of carbonyl (C=O) groups is 1. The summed E-state index contributed by atoms with van der Waals surface area (Å²) in [7, 11) is 1.74. The van der Waals surface area contributed by atoms with Gasteiger partial charge in [0.2, 0.25) is 5.91 Å². The lowest BCUT2D eigenvalue weighted by molar-refractivity contribution is -0.128. The number of piperidine rings is 1. The number of amides is 1. The molecule has 0 aliphatic carbocycles. The van der Waals surface area contributed by atoms with E-state index in [9.17, 15) is 4.79 Å². The number of benzene rings is 1. The number of nitrogens with one attached hydrogen (secondary N) is 2. The minimum atomic E-state index is 0.0201. The molecule has 2 N–H and O–H groups in total. The first-order valence-corrected chi connectivity index (χ1v) is 7.57. The summed E-state index contributed by atoms with van der Waals surface area (Å²) in [6, 6.07) is 8.95. The molecule has 2 unspecified atom stereocenters. The van der Waals surface area contributed by atoms with Crippen LogP contribution in [0.5, 0.6) is 0 Å². The second-order valence-corrected chi connectivity index (χ2v) is 5.71. The summed E-state index contributed by atoms with van der Waals surface area (Å²) in [5, 5.41) is 6.32. The van der Waals surface area contributed by atoms with Crippen LogP contribution in [0.2, 0.25) is 0 Å². The number of likely N-dealkylation sites (N-methyl/N-ethyl adjacent to an activating group) is 1. The predicted octanol–water partition coefficient (Wildman–Crippen LogP) is 1.43. The maximum absolute atomic E-state index is 12.2. The molecule has 1 fully saturated rings. The highest BCUT2D eigenvalue weighted by atomic mass is 16.2. The normalized spacial score (nSPS) is 26.9. The summed E-state index contributed by atoms with van der Waals surface area (Å²) in [6.07, 6.45) is 3.31. The lowest BCUT2D eigenvalue weighted by Gasteiger charge is -2.42. The van der Waals surface area contributed by atoms with Gasteiger partial charge in [-0.1, -0.05) is 30.7 Å². The van der Waals surface area contributed by atoms with Gasteiger partial charge >= 0.3 is 0 Å². The topological polar surface area (TPSA) is 44.4 Å². The van der Waals surface area contributed by atoms with Gasteiger partial charge in [0, 0.05) is 26.2 Å². The maximum atomic E-state index is 12.2. The molecular weight excluding hydrogens is 250 g/mol. The zero-order chi connectivity index (χ0) is 13.9. The van der Waals surface area contributed by atoms with Crippen LogP contribution >= 0.6 is 0 Å². The lowest BCUT2D eigenvalue weighted by Crippen LogP contribution is -2.52. The SMILES string of the molecule is CNC(=O)C1CCCCN1C1CNCc2ccccc21. The van der Waals surface area contributed by atoms with Crippen LogP contribution in [0.4, 0.5) is 0 Å². The van der Waals surface area contributed by atoms with Gasteiger partial charge in [-0.2, -0.15) is 0 Å². The molecule has 0 aromatic heterocycles. The highest BCUT2D eigenvalue weighted by Crippen LogP contribution is 2.32. The van der Waals surface area contributed by atoms with E-state index in [1.807, 2.05) is 0 Å². The van der Waals surface area contributed by atoms with Gasteiger partial charge in [-0.05, 0) is 30.5 Å². The van der Waals surface area contributed by atoms with Gasteiger partial charge < -0.3 is 10.6 Å². The molecule has 2 aliphatic heterocycles. The Morgan fingerprint density at radius 3 is 3.05 bits per heavy atom. The van der Waals surface area contributed by atoms with Crippen molar-refractivity contribution in [2.45, 2.75) is 37.9 Å². The highest BCUT2D eigenvalue weighted by molar-refractivity contribution is 5.81. The Morgan fingerprint density at radius 1 is 1.35 bits per heavy atom. The molecule has 20 heavy (non-hydrogen) atoms. The molecular formula is C16H23N3O. The summed E-state index contributed by atoms with van der Waals surface area (Å²) in [5.41, 5.74) is 2.76. The van der Waals surface area contributed by atoms with Crippen LogP contribution in [0.25, 0.3) is 0 Å². The van der Waals surface area contributed by atoms with E-state index >= 15 is 0 Å². The van der Waals surface area contributed by atoms with Crippen LogP contribution in [-0.4, -0.2) is 37.0 Å². The zero-order valence-electron chi connectivity index (χ0n) is 12.1. The van der Waals surface area contributed by atoms with E-state index in [0.29, 0.717) is 6.04 Å². The number of likely N-dealkylation sites (tertiary alicyclic amines) is 1. The Balaban J connectivity index is 1.89. The Hall–Kier alpha value is -1.39. The van der Waals surface area contributed by atoms with E-state index in [-0.39, 0.29) is 11.9 Å². The number of fused-ring (bicyclic) bond motifs is 1. The van der Waals surface area contributed by atoms with Crippen molar-refractivity contribution in [2.24, 2.45) is 0 Å². The molecule has 1 saturated heterocycles. The van der Waals surface area contributed by atoms with Crippen LogP contribution in [0, 0.1) is 0 Å². The minimum absolute atomic E-state index is 0.0201. The first-order valence-electron chi connectivity index (χ1n) is 7.57. The summed E-state index contributed by atoms with van der Waals surface area (Å²) in [4.78, 5) is 14.6. The van der Waals surface area contributed by atoms with Crippen molar-refractivity contribution in [2.75, 3.05) is 20.1 Å². The Bertz CT molecular complexity index is 488. The first-order chi connectivity index (χ1) is 9.81. The van der Waals surface area contributed by atoms with E-state index in [4.69, 9.17) is 0 Å². The minimum Gasteiger partial charge on any atom is -0.358 e. The quantitative estimate of drug-likeness (QED) is 0.857. The third-order valence-electron chi connectivity index (χ3n) is 4.56. The van der Waals surface area contributed by atoms with E-state index < -0.39 is 0 Å². The fourth-order valence-corrected chi connectivity index (χ4v) is 3.54. The summed E-state index contributed by atoms with van der Waals surface area (Å²) in [6.45, 7) is 2.88. The molecule has 4 nitrogen and oxygen atoms in total. The number of nitrogens with zero attached hydrogens (tertiary/aromatic N) is 1. The lowest BCUT2D eigenvalue weighted by atomic mass is 9.91. The van der Waals surface area contributed by atoms with Crippen molar-refractivity contribution in [3.8, 4) is 0 Å². The molecule has 1 amide bonds. The third-order valence-corrected chi connectivity index (χ3v) is 4.56. The van der Waals surface area contributed by atoms with Crippen LogP contribution in [0.15, 0.2) is 24.3 Å². The predicted molar refractivity (Wildman–Crippen MR) is 79.3 cm³/mol. The molecule has 2 atom stereocenters. The average molecular weight is 273 g/mol. The number of carbonyl (C=O) groups excluding carboxylic acids is 1. The molecule has 1 aromatic rings. The van der Waals surface area contributed by atoms with E-state index in [2.05, 4.69) is 39.8 Å². The largest absolute Gasteiger partial charge is 0.358 e. The zero-order valence-corrected chi connectivity index (χ0v) is 12.1. The van der Waals surface area contributed by atoms with E-state index in [1.54, 1.807) is 7.05 Å². The van der Waals surface area contributed by atoms with Crippen LogP contribution in [0.1, 0.15) is 36.4 Å². The highest BCUT2D eigenvalue weighted by Gasteiger charge is 2.35. The molecule has 0 spiro atoms. The first kappa shape index (κ1) is 13.6. The second-order valence-electron chi connectivity index (χ2n) is 5.71. The Kier molecular flexibility index (Phi) is 4.03. The van der Waals surface area contributed by atoms with Crippen LogP contribution in [-0.2, 0) is 11.3 Å². The Morgan fingerprint density at radius 2 is 2.20 bits per heavy atom. The Labute approximate surface area is 120 Å². The van der Waals surface area contributed by atoms with Crippen LogP contribution < -0.4 is 10.6 Å². The van der Waals surface area contributed by atoms with Crippen molar-refractivity contribution in [3.63, 3.8) is 0 Å². The summed E-state index contributed by atoms with van der Waals surface area (Å²) < 4.78 is 0. The van der Waals surface area contributed by atoms with Crippen molar-refractivity contribution in [3.05, 3.63) is 35.4 Å². The van der Waals surface area contributed by atoms with Gasteiger partial charge in [-0.25, -0.2) is 0 Å². The van der Waals surface area contributed by atoms with Gasteiger partial charge in [0.05, 0.1) is 6.04 Å². The molecule has 1 aromatic carbocycles. The number of rotatable bonds is 2. The summed E-state index contributed by atoms with van der Waals surface area (Å²) >= 11 is 0. The average Bonchev–Trinajstić information content (AvgIpc) is 2.53. The molecule has 2 aliphatic rings. The van der Waals surface area contributed by atoms with Crippen LogP contribution in [0.3, 0.4) is 0 Å². The van der Waals surface area contributed by atoms with Gasteiger partial charge in [0.25, 0.3) is 0 Å². The molecule has 108 valence electrons. The van der Waals surface area contributed by atoms with E-state index in [1.165, 1.54) is 17.5 Å². The fraction of sp³-hybridized carbons (Fsp3) is 0.562. The standard InChI is InChI=1S/C16H23N3O/c1-17-16(20)14-8-4-5-9-19(14)15-11-18-10-12-6-2-3-7-13(12)15/h2-3,6-7,14-15,18H,4-5,8-11H2,1H3,(H,17,20). The van der Waals surface area contributed by atoms with Crippen molar-refractivity contribution in [1.82, 2.24) is 15.5 Å². The summed E-state index contributed by atoms with van der Waals surface area (Å²) in [5.74, 6) is 0.160. The van der Waals surface area contributed by atoms with Crippen molar-refractivity contribution >= 4 is 5.91 Å². The molecule has 4 heteroatoms. The van der Waals surface area contributed by atoms with Crippen molar-refractivity contribution < 1.29 is 4.79 Å². The second kappa shape index (κ2) is 5.94. The van der Waals surface area contributed by atoms with Gasteiger partial charge in [-0.3, -0.25) is 9.69 Å². The third kappa shape index (κ3) is 2.45. The molecule has 2 heterocycles. The van der Waals surface area contributed by atoms with Gasteiger partial charge in [0.15, 0.2) is 0 Å². The number of hydrogen-bond acceptors (Lipinski definition) is 3. The smallest absolute Gasteiger partial charge is 0.237 e. The van der Waals surface area contributed by atoms with E-state index in [0.717, 1.165) is 32.5 Å². The molecule has 0 saturated carbocycles. The molecule has 3 rings (SSSR count).